The van der Waals surface area contributed by atoms with E-state index in [9.17, 15) is 4.79 Å². The van der Waals surface area contributed by atoms with Crippen molar-refractivity contribution in [3.63, 3.8) is 0 Å². The minimum Gasteiger partial charge on any atom is -0.469 e. The molecule has 1 aromatic rings. The van der Waals surface area contributed by atoms with Crippen LogP contribution in [0.5, 0.6) is 0 Å². The maximum atomic E-state index is 11.5. The van der Waals surface area contributed by atoms with Gasteiger partial charge in [-0.3, -0.25) is 4.84 Å². The second kappa shape index (κ2) is 7.81. The standard InChI is InChI=1S/C13H20N2O4/c16-13(14-11-5-9-17-10-6-11)15-19-8-2-4-12-3-1-7-18-12/h1,3,7,11H,2,4-6,8-10H2,(H2,14,15,16). The minimum atomic E-state index is -0.287. The van der Waals surface area contributed by atoms with Gasteiger partial charge in [-0.1, -0.05) is 0 Å². The molecule has 2 rings (SSSR count). The lowest BCUT2D eigenvalue weighted by Gasteiger charge is -2.22. The normalized spacial score (nSPS) is 16.2. The molecule has 1 saturated heterocycles. The van der Waals surface area contributed by atoms with Crippen LogP contribution < -0.4 is 10.8 Å². The van der Waals surface area contributed by atoms with Crippen LogP contribution in [0.3, 0.4) is 0 Å². The Morgan fingerprint density at radius 2 is 2.26 bits per heavy atom. The monoisotopic (exact) mass is 268 g/mol. The molecule has 6 nitrogen and oxygen atoms in total. The molecule has 0 atom stereocenters. The second-order valence-corrected chi connectivity index (χ2v) is 4.49. The zero-order chi connectivity index (χ0) is 13.3. The number of nitrogens with one attached hydrogen (secondary N) is 2. The lowest BCUT2D eigenvalue weighted by atomic mass is 10.1. The summed E-state index contributed by atoms with van der Waals surface area (Å²) in [6, 6.07) is 3.67. The van der Waals surface area contributed by atoms with Gasteiger partial charge in [0, 0.05) is 25.7 Å². The summed E-state index contributed by atoms with van der Waals surface area (Å²) < 4.78 is 10.4. The molecule has 2 N–H and O–H groups in total. The van der Waals surface area contributed by atoms with Gasteiger partial charge in [0.2, 0.25) is 0 Å². The van der Waals surface area contributed by atoms with Crippen molar-refractivity contribution in [2.45, 2.75) is 31.7 Å². The largest absolute Gasteiger partial charge is 0.469 e. The highest BCUT2D eigenvalue weighted by molar-refractivity contribution is 5.73. The van der Waals surface area contributed by atoms with Crippen LogP contribution in [0.2, 0.25) is 0 Å². The van der Waals surface area contributed by atoms with E-state index in [1.165, 1.54) is 0 Å². The fraction of sp³-hybridized carbons (Fsp3) is 0.615. The quantitative estimate of drug-likeness (QED) is 0.607. The number of carbonyl (C=O) groups is 1. The van der Waals surface area contributed by atoms with Crippen molar-refractivity contribution >= 4 is 6.03 Å². The van der Waals surface area contributed by atoms with E-state index in [-0.39, 0.29) is 12.1 Å². The Labute approximate surface area is 112 Å². The van der Waals surface area contributed by atoms with Gasteiger partial charge in [0.15, 0.2) is 0 Å². The van der Waals surface area contributed by atoms with Gasteiger partial charge in [-0.05, 0) is 31.4 Å². The van der Waals surface area contributed by atoms with E-state index >= 15 is 0 Å². The van der Waals surface area contributed by atoms with Crippen molar-refractivity contribution in [2.75, 3.05) is 19.8 Å². The molecule has 1 aliphatic heterocycles. The maximum Gasteiger partial charge on any atom is 0.338 e. The summed E-state index contributed by atoms with van der Waals surface area (Å²) in [4.78, 5) is 16.6. The fourth-order valence-electron chi connectivity index (χ4n) is 1.95. The lowest BCUT2D eigenvalue weighted by Crippen LogP contribution is -2.44. The van der Waals surface area contributed by atoms with Crippen LogP contribution in [-0.2, 0) is 16.0 Å². The Bertz CT molecular complexity index is 361. The van der Waals surface area contributed by atoms with Gasteiger partial charge in [-0.25, -0.2) is 10.3 Å². The van der Waals surface area contributed by atoms with E-state index in [2.05, 4.69) is 10.8 Å². The Morgan fingerprint density at radius 3 is 3.00 bits per heavy atom. The van der Waals surface area contributed by atoms with E-state index in [1.807, 2.05) is 12.1 Å². The molecule has 2 heterocycles. The summed E-state index contributed by atoms with van der Waals surface area (Å²) in [5.41, 5.74) is 2.39. The number of rotatable bonds is 6. The van der Waals surface area contributed by atoms with Gasteiger partial charge in [-0.15, -0.1) is 0 Å². The molecule has 6 heteroatoms. The number of ether oxygens (including phenoxy) is 1. The van der Waals surface area contributed by atoms with Crippen molar-refractivity contribution < 1.29 is 18.8 Å². The van der Waals surface area contributed by atoms with Crippen molar-refractivity contribution in [3.8, 4) is 0 Å². The molecule has 0 bridgehead atoms. The molecular weight excluding hydrogens is 248 g/mol. The zero-order valence-corrected chi connectivity index (χ0v) is 10.9. The van der Waals surface area contributed by atoms with Gasteiger partial charge >= 0.3 is 6.03 Å². The molecule has 0 radical (unpaired) electrons. The summed E-state index contributed by atoms with van der Waals surface area (Å²) >= 11 is 0. The predicted octanol–water partition coefficient (Wildman–Crippen LogP) is 1.62. The van der Waals surface area contributed by atoms with E-state index in [0.717, 1.165) is 31.4 Å². The van der Waals surface area contributed by atoms with Crippen molar-refractivity contribution in [1.82, 2.24) is 10.8 Å². The topological polar surface area (TPSA) is 72.7 Å². The van der Waals surface area contributed by atoms with E-state index in [0.29, 0.717) is 19.8 Å². The van der Waals surface area contributed by atoms with Gasteiger partial charge in [0.05, 0.1) is 12.9 Å². The van der Waals surface area contributed by atoms with Crippen LogP contribution in [0.15, 0.2) is 22.8 Å². The maximum absolute atomic E-state index is 11.5. The lowest BCUT2D eigenvalue weighted by molar-refractivity contribution is 0.0512. The van der Waals surface area contributed by atoms with Crippen LogP contribution >= 0.6 is 0 Å². The van der Waals surface area contributed by atoms with Gasteiger partial charge in [-0.2, -0.15) is 0 Å². The Hall–Kier alpha value is -1.53. The Balaban J connectivity index is 1.49. The van der Waals surface area contributed by atoms with E-state index in [1.54, 1.807) is 6.26 Å². The zero-order valence-electron chi connectivity index (χ0n) is 10.9. The highest BCUT2D eigenvalue weighted by Crippen LogP contribution is 2.05. The van der Waals surface area contributed by atoms with E-state index < -0.39 is 0 Å². The Kier molecular flexibility index (Phi) is 5.71. The van der Waals surface area contributed by atoms with Crippen molar-refractivity contribution in [3.05, 3.63) is 24.2 Å². The van der Waals surface area contributed by atoms with Crippen LogP contribution in [-0.4, -0.2) is 31.9 Å². The first-order valence-corrected chi connectivity index (χ1v) is 6.63. The molecule has 106 valence electrons. The van der Waals surface area contributed by atoms with Crippen molar-refractivity contribution in [1.29, 1.82) is 0 Å². The molecule has 1 aliphatic rings. The minimum absolute atomic E-state index is 0.181. The summed E-state index contributed by atoms with van der Waals surface area (Å²) in [6.45, 7) is 1.87. The molecule has 0 spiro atoms. The molecule has 19 heavy (non-hydrogen) atoms. The van der Waals surface area contributed by atoms with Gasteiger partial charge < -0.3 is 14.5 Å². The van der Waals surface area contributed by atoms with Crippen LogP contribution in [0, 0.1) is 0 Å². The van der Waals surface area contributed by atoms with Crippen molar-refractivity contribution in [2.24, 2.45) is 0 Å². The number of hydrogen-bond donors (Lipinski definition) is 2. The molecular formula is C13H20N2O4. The smallest absolute Gasteiger partial charge is 0.338 e. The number of amides is 2. The third-order valence-electron chi connectivity index (χ3n) is 2.97. The molecule has 0 aromatic carbocycles. The highest BCUT2D eigenvalue weighted by atomic mass is 16.7. The van der Waals surface area contributed by atoms with Gasteiger partial charge in [0.25, 0.3) is 0 Å². The molecule has 2 amide bonds. The number of carbonyl (C=O) groups excluding carboxylic acids is 1. The molecule has 1 aromatic heterocycles. The fourth-order valence-corrected chi connectivity index (χ4v) is 1.95. The molecule has 1 fully saturated rings. The summed E-state index contributed by atoms with van der Waals surface area (Å²) in [5.74, 6) is 0.926. The first kappa shape index (κ1) is 13.9. The molecule has 0 aliphatic carbocycles. The Morgan fingerprint density at radius 1 is 1.42 bits per heavy atom. The average molecular weight is 268 g/mol. The third-order valence-corrected chi connectivity index (χ3v) is 2.97. The summed E-state index contributed by atoms with van der Waals surface area (Å²) in [6.07, 6.45) is 4.95. The average Bonchev–Trinajstić information content (AvgIpc) is 2.92. The number of furan rings is 1. The number of hydrogen-bond acceptors (Lipinski definition) is 4. The van der Waals surface area contributed by atoms with Crippen LogP contribution in [0.25, 0.3) is 0 Å². The van der Waals surface area contributed by atoms with Crippen LogP contribution in [0.1, 0.15) is 25.0 Å². The van der Waals surface area contributed by atoms with E-state index in [4.69, 9.17) is 14.0 Å². The molecule has 0 saturated carbocycles. The SMILES string of the molecule is O=C(NOCCCc1ccco1)NC1CCOCC1. The van der Waals surface area contributed by atoms with Gasteiger partial charge in [0.1, 0.15) is 5.76 Å². The first-order chi connectivity index (χ1) is 9.34. The first-order valence-electron chi connectivity index (χ1n) is 6.63. The summed E-state index contributed by atoms with van der Waals surface area (Å²) in [7, 11) is 0. The molecule has 0 unspecified atom stereocenters. The predicted molar refractivity (Wildman–Crippen MR) is 68.5 cm³/mol. The number of urea groups is 1. The number of hydroxylamine groups is 1. The highest BCUT2D eigenvalue weighted by Gasteiger charge is 2.15. The van der Waals surface area contributed by atoms with Crippen LogP contribution in [0.4, 0.5) is 4.79 Å². The summed E-state index contributed by atoms with van der Waals surface area (Å²) in [5, 5.41) is 2.85. The second-order valence-electron chi connectivity index (χ2n) is 4.49. The number of aryl methyl sites for hydroxylation is 1. The third kappa shape index (κ3) is 5.32.